The van der Waals surface area contributed by atoms with E-state index in [1.165, 1.54) is 22.3 Å². The maximum Gasteiger partial charge on any atom is 0.122 e. The molecule has 0 saturated heterocycles. The average molecular weight is 236 g/mol. The van der Waals surface area contributed by atoms with Crippen LogP contribution in [0.15, 0.2) is 6.07 Å². The molecule has 0 aromatic heterocycles. The van der Waals surface area contributed by atoms with Crippen LogP contribution in [0.3, 0.4) is 0 Å². The summed E-state index contributed by atoms with van der Waals surface area (Å²) in [5.74, 6) is 0.968. The second kappa shape index (κ2) is 6.03. The molecule has 0 aliphatic rings. The summed E-state index contributed by atoms with van der Waals surface area (Å²) in [5.41, 5.74) is 10.9. The predicted molar refractivity (Wildman–Crippen MR) is 72.6 cm³/mol. The van der Waals surface area contributed by atoms with Gasteiger partial charge in [-0.2, -0.15) is 0 Å². The summed E-state index contributed by atoms with van der Waals surface area (Å²) in [4.78, 5) is 0. The first-order valence-corrected chi connectivity index (χ1v) is 6.07. The van der Waals surface area contributed by atoms with E-state index in [9.17, 15) is 0 Å². The minimum Gasteiger partial charge on any atom is -0.496 e. The molecule has 0 aliphatic carbocycles. The number of nitrogens with one attached hydrogen (secondary N) is 1. The Morgan fingerprint density at radius 2 is 1.94 bits per heavy atom. The van der Waals surface area contributed by atoms with E-state index in [2.05, 4.69) is 32.2 Å². The highest BCUT2D eigenvalue weighted by molar-refractivity contribution is 5.48. The molecule has 3 nitrogen and oxygen atoms in total. The lowest BCUT2D eigenvalue weighted by Crippen LogP contribution is -2.31. The Balaban J connectivity index is 2.89. The molecular weight excluding hydrogens is 212 g/mol. The molecular formula is C14H24N2O. The number of benzene rings is 1. The highest BCUT2D eigenvalue weighted by Crippen LogP contribution is 2.27. The van der Waals surface area contributed by atoms with Gasteiger partial charge in [-0.15, -0.1) is 0 Å². The Labute approximate surface area is 104 Å². The summed E-state index contributed by atoms with van der Waals surface area (Å²) in [7, 11) is 1.72. The zero-order valence-corrected chi connectivity index (χ0v) is 11.6. The largest absolute Gasteiger partial charge is 0.496 e. The van der Waals surface area contributed by atoms with Crippen molar-refractivity contribution in [2.45, 2.75) is 40.3 Å². The molecule has 0 fully saturated rings. The van der Waals surface area contributed by atoms with Gasteiger partial charge in [0.25, 0.3) is 0 Å². The fraction of sp³-hybridized carbons (Fsp3) is 0.571. The third-order valence-corrected chi connectivity index (χ3v) is 3.20. The lowest BCUT2D eigenvalue weighted by atomic mass is 9.97. The molecule has 0 amide bonds. The average Bonchev–Trinajstić information content (AvgIpc) is 2.27. The van der Waals surface area contributed by atoms with Gasteiger partial charge in [-0.1, -0.05) is 0 Å². The van der Waals surface area contributed by atoms with Crippen LogP contribution in [0.2, 0.25) is 0 Å². The molecule has 3 heteroatoms. The first-order chi connectivity index (χ1) is 7.97. The van der Waals surface area contributed by atoms with Crippen molar-refractivity contribution in [3.63, 3.8) is 0 Å². The molecule has 17 heavy (non-hydrogen) atoms. The van der Waals surface area contributed by atoms with Crippen LogP contribution >= 0.6 is 0 Å². The van der Waals surface area contributed by atoms with E-state index >= 15 is 0 Å². The van der Waals surface area contributed by atoms with Crippen LogP contribution in [0.1, 0.15) is 29.2 Å². The smallest absolute Gasteiger partial charge is 0.122 e. The normalized spacial score (nSPS) is 12.6. The van der Waals surface area contributed by atoms with Gasteiger partial charge < -0.3 is 15.8 Å². The molecule has 0 bridgehead atoms. The SMILES string of the molecule is COc1cc(C)c(CNCC(C)N)c(C)c1C. The van der Waals surface area contributed by atoms with E-state index in [-0.39, 0.29) is 6.04 Å². The van der Waals surface area contributed by atoms with Crippen molar-refractivity contribution < 1.29 is 4.74 Å². The van der Waals surface area contributed by atoms with Crippen molar-refractivity contribution >= 4 is 0 Å². The van der Waals surface area contributed by atoms with Crippen LogP contribution in [0.25, 0.3) is 0 Å². The van der Waals surface area contributed by atoms with Crippen LogP contribution in [-0.2, 0) is 6.54 Å². The highest BCUT2D eigenvalue weighted by Gasteiger charge is 2.10. The maximum absolute atomic E-state index is 5.73. The fourth-order valence-corrected chi connectivity index (χ4v) is 2.01. The van der Waals surface area contributed by atoms with E-state index in [0.29, 0.717) is 0 Å². The highest BCUT2D eigenvalue weighted by atomic mass is 16.5. The Kier molecular flexibility index (Phi) is 4.97. The van der Waals surface area contributed by atoms with Gasteiger partial charge in [0.1, 0.15) is 5.75 Å². The Bertz CT molecular complexity index is 386. The Morgan fingerprint density at radius 3 is 2.47 bits per heavy atom. The van der Waals surface area contributed by atoms with E-state index in [1.54, 1.807) is 7.11 Å². The predicted octanol–water partition coefficient (Wildman–Crippen LogP) is 2.06. The molecule has 0 saturated carbocycles. The van der Waals surface area contributed by atoms with Crippen LogP contribution in [0.4, 0.5) is 0 Å². The molecule has 0 radical (unpaired) electrons. The Morgan fingerprint density at radius 1 is 1.29 bits per heavy atom. The van der Waals surface area contributed by atoms with Crippen LogP contribution in [0, 0.1) is 20.8 Å². The summed E-state index contributed by atoms with van der Waals surface area (Å²) in [6.07, 6.45) is 0. The van der Waals surface area contributed by atoms with Crippen molar-refractivity contribution in [1.29, 1.82) is 0 Å². The lowest BCUT2D eigenvalue weighted by Gasteiger charge is -2.17. The van der Waals surface area contributed by atoms with E-state index in [4.69, 9.17) is 10.5 Å². The minimum absolute atomic E-state index is 0.190. The summed E-state index contributed by atoms with van der Waals surface area (Å²) >= 11 is 0. The van der Waals surface area contributed by atoms with Crippen molar-refractivity contribution in [3.05, 3.63) is 28.3 Å². The van der Waals surface area contributed by atoms with E-state index < -0.39 is 0 Å². The molecule has 0 spiro atoms. The molecule has 0 aliphatic heterocycles. The lowest BCUT2D eigenvalue weighted by molar-refractivity contribution is 0.410. The Hall–Kier alpha value is -1.06. The molecule has 1 atom stereocenters. The quantitative estimate of drug-likeness (QED) is 0.822. The van der Waals surface area contributed by atoms with Crippen LogP contribution < -0.4 is 15.8 Å². The monoisotopic (exact) mass is 236 g/mol. The topological polar surface area (TPSA) is 47.3 Å². The first-order valence-electron chi connectivity index (χ1n) is 6.07. The summed E-state index contributed by atoms with van der Waals surface area (Å²) in [5, 5.41) is 3.38. The second-order valence-corrected chi connectivity index (χ2v) is 4.73. The number of nitrogens with two attached hydrogens (primary N) is 1. The summed E-state index contributed by atoms with van der Waals surface area (Å²) in [6.45, 7) is 10.1. The number of methoxy groups -OCH3 is 1. The molecule has 96 valence electrons. The van der Waals surface area contributed by atoms with Gasteiger partial charge in [-0.3, -0.25) is 0 Å². The number of hydrogen-bond acceptors (Lipinski definition) is 3. The fourth-order valence-electron chi connectivity index (χ4n) is 2.01. The van der Waals surface area contributed by atoms with Gasteiger partial charge in [0, 0.05) is 19.1 Å². The van der Waals surface area contributed by atoms with E-state index in [0.717, 1.165) is 18.8 Å². The summed E-state index contributed by atoms with van der Waals surface area (Å²) in [6, 6.07) is 2.29. The number of aryl methyl sites for hydroxylation is 1. The van der Waals surface area contributed by atoms with Gasteiger partial charge in [0.2, 0.25) is 0 Å². The number of hydrogen-bond donors (Lipinski definition) is 2. The van der Waals surface area contributed by atoms with Crippen molar-refractivity contribution in [3.8, 4) is 5.75 Å². The van der Waals surface area contributed by atoms with Gasteiger partial charge in [-0.25, -0.2) is 0 Å². The minimum atomic E-state index is 0.190. The third kappa shape index (κ3) is 3.45. The first kappa shape index (κ1) is 14.0. The van der Waals surface area contributed by atoms with Gasteiger partial charge >= 0.3 is 0 Å². The van der Waals surface area contributed by atoms with Crippen molar-refractivity contribution in [2.24, 2.45) is 5.73 Å². The zero-order valence-electron chi connectivity index (χ0n) is 11.6. The zero-order chi connectivity index (χ0) is 13.0. The molecule has 0 heterocycles. The van der Waals surface area contributed by atoms with Crippen molar-refractivity contribution in [1.82, 2.24) is 5.32 Å². The molecule has 1 aromatic carbocycles. The van der Waals surface area contributed by atoms with Crippen LogP contribution in [-0.4, -0.2) is 19.7 Å². The number of ether oxygens (including phenoxy) is 1. The maximum atomic E-state index is 5.73. The molecule has 1 rings (SSSR count). The molecule has 1 unspecified atom stereocenters. The standard InChI is InChI=1S/C14H24N2O/c1-9-6-14(17-5)12(4)11(3)13(9)8-16-7-10(2)15/h6,10,16H,7-8,15H2,1-5H3. The third-order valence-electron chi connectivity index (χ3n) is 3.20. The summed E-state index contributed by atoms with van der Waals surface area (Å²) < 4.78 is 5.36. The second-order valence-electron chi connectivity index (χ2n) is 4.73. The number of rotatable bonds is 5. The van der Waals surface area contributed by atoms with Gasteiger partial charge in [0.15, 0.2) is 0 Å². The van der Waals surface area contributed by atoms with Crippen LogP contribution in [0.5, 0.6) is 5.75 Å². The molecule has 3 N–H and O–H groups in total. The molecule has 1 aromatic rings. The van der Waals surface area contributed by atoms with E-state index in [1.807, 2.05) is 6.92 Å². The van der Waals surface area contributed by atoms with Gasteiger partial charge in [0.05, 0.1) is 7.11 Å². The van der Waals surface area contributed by atoms with Gasteiger partial charge in [-0.05, 0) is 56.0 Å². The van der Waals surface area contributed by atoms with Crippen molar-refractivity contribution in [2.75, 3.05) is 13.7 Å².